The van der Waals surface area contributed by atoms with Crippen LogP contribution in [-0.4, -0.2) is 29.3 Å². The summed E-state index contributed by atoms with van der Waals surface area (Å²) in [6.45, 7) is 0. The molecule has 1 atom stereocenters. The van der Waals surface area contributed by atoms with Crippen LogP contribution in [0, 0.1) is 10.1 Å². The van der Waals surface area contributed by atoms with Gasteiger partial charge in [-0.15, -0.1) is 0 Å². The monoisotopic (exact) mass is 708 g/mol. The Labute approximate surface area is 296 Å². The van der Waals surface area contributed by atoms with Crippen LogP contribution in [0.5, 0.6) is 0 Å². The maximum atomic E-state index is 12.0. The molecule has 5 nitrogen and oxygen atoms in total. The molecule has 2 heterocycles. The Morgan fingerprint density at radius 2 is 1.59 bits per heavy atom. The number of anilines is 1. The number of nitro groups is 1. The number of likely N-dealkylation sites (N-methyl/N-ethyl adjacent to an activating group) is 1. The number of nitrogens with zero attached hydrogens (tertiary/aromatic N) is 3. The largest absolute Gasteiger partial charge is 0.347 e. The molecule has 0 saturated heterocycles. The van der Waals surface area contributed by atoms with Gasteiger partial charge in [0.1, 0.15) is 11.5 Å². The summed E-state index contributed by atoms with van der Waals surface area (Å²) in [7, 11) is 4.31. The normalized spacial score (nSPS) is 20.5. The van der Waals surface area contributed by atoms with Gasteiger partial charge in [-0.1, -0.05) is 116 Å². The van der Waals surface area contributed by atoms with Gasteiger partial charge in [0.05, 0.1) is 15.8 Å². The molecule has 1 aliphatic carbocycles. The summed E-state index contributed by atoms with van der Waals surface area (Å²) in [5.74, 6) is 0. The van der Waals surface area contributed by atoms with E-state index in [1.54, 1.807) is 0 Å². The maximum Gasteiger partial charge on any atom is 0.284 e. The van der Waals surface area contributed by atoms with Crippen LogP contribution in [0.15, 0.2) is 138 Å². The highest BCUT2D eigenvalue weighted by atomic mass is 79.9. The molecule has 5 aromatic carbocycles. The predicted octanol–water partition coefficient (Wildman–Crippen LogP) is 10.6. The second-order valence-corrected chi connectivity index (χ2v) is 14.6. The topological polar surface area (TPSA) is 49.4 Å². The predicted molar refractivity (Wildman–Crippen MR) is 203 cm³/mol. The van der Waals surface area contributed by atoms with Crippen molar-refractivity contribution < 1.29 is 9.50 Å². The average molecular weight is 710 g/mol. The van der Waals surface area contributed by atoms with Crippen LogP contribution in [-0.2, 0) is 17.3 Å². The lowest BCUT2D eigenvalue weighted by Crippen LogP contribution is -2.36. The van der Waals surface area contributed by atoms with Crippen LogP contribution in [0.4, 0.5) is 17.1 Å². The van der Waals surface area contributed by atoms with Gasteiger partial charge >= 0.3 is 0 Å². The van der Waals surface area contributed by atoms with Crippen LogP contribution >= 0.6 is 15.9 Å². The molecule has 1 saturated carbocycles. The third-order valence-electron chi connectivity index (χ3n) is 11.3. The first-order valence-corrected chi connectivity index (χ1v) is 18.0. The molecular weight excluding hydrogens is 670 g/mol. The van der Waals surface area contributed by atoms with Crippen molar-refractivity contribution in [3.05, 3.63) is 170 Å². The lowest BCUT2D eigenvalue weighted by Gasteiger charge is -2.34. The summed E-state index contributed by atoms with van der Waals surface area (Å²) in [5, 5.41) is 14.5. The Balaban J connectivity index is 1.33. The third kappa shape index (κ3) is 4.91. The Kier molecular flexibility index (Phi) is 7.87. The molecule has 6 heteroatoms. The molecule has 1 spiro atoms. The van der Waals surface area contributed by atoms with Gasteiger partial charge in [0.25, 0.3) is 5.69 Å². The summed E-state index contributed by atoms with van der Waals surface area (Å²) in [6, 6.07) is 38.9. The van der Waals surface area contributed by atoms with Gasteiger partial charge in [0.2, 0.25) is 5.69 Å². The second-order valence-electron chi connectivity index (χ2n) is 13.7. The highest BCUT2D eigenvalue weighted by Gasteiger charge is 2.52. The zero-order valence-corrected chi connectivity index (χ0v) is 29.5. The summed E-state index contributed by atoms with van der Waals surface area (Å²) in [4.78, 5) is 14.1. The number of allylic oxidation sites excluding steroid dienone is 4. The van der Waals surface area contributed by atoms with Crippen molar-refractivity contribution in [2.75, 3.05) is 19.0 Å². The minimum atomic E-state index is -0.443. The van der Waals surface area contributed by atoms with Gasteiger partial charge in [0.15, 0.2) is 5.71 Å². The number of rotatable bonds is 6. The van der Waals surface area contributed by atoms with E-state index in [9.17, 15) is 10.1 Å². The van der Waals surface area contributed by atoms with Gasteiger partial charge in [-0.25, -0.2) is 0 Å². The van der Waals surface area contributed by atoms with E-state index in [4.69, 9.17) is 0 Å². The average Bonchev–Trinajstić information content (AvgIpc) is 3.49. The lowest BCUT2D eigenvalue weighted by molar-refractivity contribution is -0.402. The highest BCUT2D eigenvalue weighted by Crippen LogP contribution is 2.56. The summed E-state index contributed by atoms with van der Waals surface area (Å²) in [5.41, 5.74) is 9.11. The van der Waals surface area contributed by atoms with Gasteiger partial charge in [0, 0.05) is 47.8 Å². The smallest absolute Gasteiger partial charge is 0.284 e. The zero-order chi connectivity index (χ0) is 33.8. The molecule has 0 amide bonds. The van der Waals surface area contributed by atoms with Crippen LogP contribution in [0.3, 0.4) is 0 Å². The van der Waals surface area contributed by atoms with E-state index < -0.39 is 5.41 Å². The number of nitro benzene ring substituents is 1. The summed E-state index contributed by atoms with van der Waals surface area (Å²) < 4.78 is 2.78. The molecule has 3 aliphatic rings. The molecular formula is C43H39BrN3O2+. The van der Waals surface area contributed by atoms with Crippen LogP contribution < -0.4 is 4.90 Å². The zero-order valence-electron chi connectivity index (χ0n) is 27.9. The summed E-state index contributed by atoms with van der Waals surface area (Å²) in [6.07, 6.45) is 13.0. The van der Waals surface area contributed by atoms with E-state index >= 15 is 0 Å². The fraction of sp³-hybridized carbons (Fsp3) is 0.233. The molecule has 2 aliphatic heterocycles. The van der Waals surface area contributed by atoms with Crippen molar-refractivity contribution >= 4 is 49.5 Å². The second kappa shape index (κ2) is 12.3. The number of hydrogen-bond donors (Lipinski definition) is 0. The quantitative estimate of drug-likeness (QED) is 0.100. The van der Waals surface area contributed by atoms with Crippen LogP contribution in [0.1, 0.15) is 54.4 Å². The molecule has 244 valence electrons. The summed E-state index contributed by atoms with van der Waals surface area (Å²) >= 11 is 3.50. The van der Waals surface area contributed by atoms with E-state index in [1.165, 1.54) is 51.0 Å². The van der Waals surface area contributed by atoms with Gasteiger partial charge in [-0.05, 0) is 69.2 Å². The first-order valence-electron chi connectivity index (χ1n) is 17.2. The molecule has 0 N–H and O–H groups in total. The maximum absolute atomic E-state index is 12.0. The SMILES string of the molecule is CN1/C(=C\C=C\C2=[N+](C)c3cc(Br)c([N+](=O)[O-])cc3C23CCCCC3)C(Cc2ccccc2)(c2ccccc2)c2c1ccc1ccccc21. The third-order valence-corrected chi connectivity index (χ3v) is 11.9. The van der Waals surface area contributed by atoms with Crippen molar-refractivity contribution in [3.63, 3.8) is 0 Å². The first kappa shape index (κ1) is 31.5. The molecule has 0 bridgehead atoms. The minimum Gasteiger partial charge on any atom is -0.347 e. The van der Waals surface area contributed by atoms with E-state index in [-0.39, 0.29) is 16.0 Å². The van der Waals surface area contributed by atoms with E-state index in [1.807, 2.05) is 12.1 Å². The van der Waals surface area contributed by atoms with Crippen molar-refractivity contribution in [1.82, 2.24) is 0 Å². The minimum absolute atomic E-state index is 0.135. The fourth-order valence-corrected chi connectivity index (χ4v) is 9.58. The van der Waals surface area contributed by atoms with Crippen LogP contribution in [0.25, 0.3) is 10.8 Å². The molecule has 8 rings (SSSR count). The van der Waals surface area contributed by atoms with Crippen molar-refractivity contribution in [2.24, 2.45) is 0 Å². The Hall–Kier alpha value is -4.81. The van der Waals surface area contributed by atoms with E-state index in [2.05, 4.69) is 155 Å². The van der Waals surface area contributed by atoms with E-state index in [0.717, 1.165) is 43.4 Å². The van der Waals surface area contributed by atoms with Crippen LogP contribution in [0.2, 0.25) is 0 Å². The van der Waals surface area contributed by atoms with Crippen molar-refractivity contribution in [3.8, 4) is 0 Å². The Morgan fingerprint density at radius 3 is 2.33 bits per heavy atom. The standard InChI is InChI=1S/C43H39BrN3O2/c1-45-36-24-23-31-17-10-11-20-33(31)41(36)43(32-18-8-4-9-19-32,29-30-15-6-3-7-16-30)40(45)22-14-21-39-42(25-12-5-13-26-42)34-27-38(47(48)49)35(44)28-37(34)46(39)2/h3-4,6-11,14-24,27-28H,5,12-13,25-26,29H2,1-2H3/q+1. The molecule has 1 fully saturated rings. The van der Waals surface area contributed by atoms with Gasteiger partial charge in [-0.2, -0.15) is 4.58 Å². The highest BCUT2D eigenvalue weighted by molar-refractivity contribution is 9.10. The number of benzene rings is 5. The molecule has 5 aromatic rings. The van der Waals surface area contributed by atoms with Crippen molar-refractivity contribution in [1.29, 1.82) is 0 Å². The van der Waals surface area contributed by atoms with Gasteiger partial charge in [-0.3, -0.25) is 10.1 Å². The first-order chi connectivity index (χ1) is 23.8. The van der Waals surface area contributed by atoms with Crippen molar-refractivity contribution in [2.45, 2.75) is 49.4 Å². The Morgan fingerprint density at radius 1 is 0.898 bits per heavy atom. The Bertz CT molecular complexity index is 2200. The molecule has 0 aromatic heterocycles. The van der Waals surface area contributed by atoms with Gasteiger partial charge < -0.3 is 4.90 Å². The van der Waals surface area contributed by atoms with E-state index in [0.29, 0.717) is 4.47 Å². The number of hydrogen-bond acceptors (Lipinski definition) is 3. The molecule has 49 heavy (non-hydrogen) atoms. The number of halogens is 1. The fourth-order valence-electron chi connectivity index (χ4n) is 9.11. The number of fused-ring (bicyclic) bond motifs is 5. The molecule has 1 unspecified atom stereocenters. The lowest BCUT2D eigenvalue weighted by atomic mass is 9.67. The molecule has 0 radical (unpaired) electrons.